The van der Waals surface area contributed by atoms with Crippen molar-refractivity contribution in [3.63, 3.8) is 0 Å². The van der Waals surface area contributed by atoms with Crippen LogP contribution in [0.25, 0.3) is 5.65 Å². The molecule has 2 aromatic heterocycles. The first kappa shape index (κ1) is 12.6. The van der Waals surface area contributed by atoms with Crippen molar-refractivity contribution in [2.75, 3.05) is 0 Å². The predicted molar refractivity (Wildman–Crippen MR) is 72.2 cm³/mol. The molecule has 0 bridgehead atoms. The average Bonchev–Trinajstić information content (AvgIpc) is 2.66. The summed E-state index contributed by atoms with van der Waals surface area (Å²) in [4.78, 5) is 4.60. The smallest absolute Gasteiger partial charge is 0.137 e. The molecule has 0 aromatic carbocycles. The second kappa shape index (κ2) is 4.78. The molecule has 0 aliphatic carbocycles. The number of halogens is 1. The lowest BCUT2D eigenvalue weighted by Gasteiger charge is -2.12. The van der Waals surface area contributed by atoms with Gasteiger partial charge in [0.25, 0.3) is 0 Å². The van der Waals surface area contributed by atoms with Crippen LogP contribution in [0, 0.1) is 0 Å². The van der Waals surface area contributed by atoms with Crippen LogP contribution in [0.5, 0.6) is 0 Å². The summed E-state index contributed by atoms with van der Waals surface area (Å²) in [5.41, 5.74) is 2.79. The van der Waals surface area contributed by atoms with Gasteiger partial charge in [-0.2, -0.15) is 0 Å². The van der Waals surface area contributed by atoms with Gasteiger partial charge in [0.15, 0.2) is 0 Å². The summed E-state index contributed by atoms with van der Waals surface area (Å²) in [5, 5.41) is 10.2. The van der Waals surface area contributed by atoms with E-state index in [1.807, 2.05) is 29.7 Å². The van der Waals surface area contributed by atoms with Crippen molar-refractivity contribution in [3.8, 4) is 0 Å². The van der Waals surface area contributed by atoms with E-state index >= 15 is 0 Å². The van der Waals surface area contributed by atoms with Crippen LogP contribution in [0.1, 0.15) is 50.6 Å². The first-order valence-electron chi connectivity index (χ1n) is 5.90. The number of aliphatic hydroxyl groups is 1. The largest absolute Gasteiger partial charge is 0.387 e. The van der Waals surface area contributed by atoms with E-state index in [0.717, 1.165) is 21.5 Å². The molecule has 0 aliphatic heterocycles. The lowest BCUT2D eigenvalue weighted by molar-refractivity contribution is 0.166. The van der Waals surface area contributed by atoms with Crippen molar-refractivity contribution in [2.45, 2.75) is 39.2 Å². The number of hydrogen-bond acceptors (Lipinski definition) is 2. The van der Waals surface area contributed by atoms with Gasteiger partial charge in [0.05, 0.1) is 17.5 Å². The summed E-state index contributed by atoms with van der Waals surface area (Å²) in [6.45, 7) is 6.18. The maximum atomic E-state index is 10.2. The molecular weight excluding hydrogens is 280 g/mol. The molecule has 1 unspecified atom stereocenters. The number of rotatable bonds is 3. The molecule has 0 aliphatic rings. The monoisotopic (exact) mass is 296 g/mol. The Balaban J connectivity index is 2.73. The number of fused-ring (bicyclic) bond motifs is 1. The Morgan fingerprint density at radius 1 is 1.41 bits per heavy atom. The van der Waals surface area contributed by atoms with Crippen LogP contribution in [0.15, 0.2) is 22.8 Å². The quantitative estimate of drug-likeness (QED) is 0.938. The minimum atomic E-state index is -0.461. The molecule has 1 atom stereocenters. The maximum absolute atomic E-state index is 10.2. The standard InChI is InChI=1S/C13H17BrN2O/c1-4-10(17)13-12(8(2)3)15-11-6-5-9(14)7-16(11)13/h5-8,10,17H,4H2,1-3H3. The van der Waals surface area contributed by atoms with Gasteiger partial charge >= 0.3 is 0 Å². The predicted octanol–water partition coefficient (Wildman–Crippen LogP) is 3.66. The number of aliphatic hydroxyl groups excluding tert-OH is 1. The topological polar surface area (TPSA) is 37.5 Å². The van der Waals surface area contributed by atoms with Gasteiger partial charge in [-0.25, -0.2) is 4.98 Å². The third kappa shape index (κ3) is 2.24. The van der Waals surface area contributed by atoms with Crippen molar-refractivity contribution < 1.29 is 5.11 Å². The molecule has 2 rings (SSSR count). The Morgan fingerprint density at radius 3 is 2.71 bits per heavy atom. The summed E-state index contributed by atoms with van der Waals surface area (Å²) < 4.78 is 2.97. The molecule has 2 aromatic rings. The third-order valence-corrected chi connectivity index (χ3v) is 3.37. The van der Waals surface area contributed by atoms with E-state index in [1.54, 1.807) is 0 Å². The van der Waals surface area contributed by atoms with Gasteiger partial charge in [-0.3, -0.25) is 4.40 Å². The van der Waals surface area contributed by atoms with Gasteiger partial charge in [0.2, 0.25) is 0 Å². The molecule has 3 nitrogen and oxygen atoms in total. The fourth-order valence-corrected chi connectivity index (χ4v) is 2.34. The number of aromatic nitrogens is 2. The van der Waals surface area contributed by atoms with Crippen LogP contribution in [-0.2, 0) is 0 Å². The van der Waals surface area contributed by atoms with E-state index in [-0.39, 0.29) is 0 Å². The van der Waals surface area contributed by atoms with Crippen LogP contribution in [0.4, 0.5) is 0 Å². The van der Waals surface area contributed by atoms with Crippen LogP contribution in [0.2, 0.25) is 0 Å². The van der Waals surface area contributed by atoms with E-state index in [9.17, 15) is 5.11 Å². The third-order valence-electron chi connectivity index (χ3n) is 2.90. The highest BCUT2D eigenvalue weighted by Gasteiger charge is 2.20. The van der Waals surface area contributed by atoms with E-state index in [4.69, 9.17) is 0 Å². The van der Waals surface area contributed by atoms with Crippen molar-refractivity contribution in [1.82, 2.24) is 9.38 Å². The van der Waals surface area contributed by atoms with Gasteiger partial charge in [-0.15, -0.1) is 0 Å². The average molecular weight is 297 g/mol. The van der Waals surface area contributed by atoms with Gasteiger partial charge in [-0.05, 0) is 40.4 Å². The highest BCUT2D eigenvalue weighted by Crippen LogP contribution is 2.28. The summed E-state index contributed by atoms with van der Waals surface area (Å²) in [6, 6.07) is 3.93. The minimum absolute atomic E-state index is 0.310. The summed E-state index contributed by atoms with van der Waals surface area (Å²) in [7, 11) is 0. The number of nitrogens with zero attached hydrogens (tertiary/aromatic N) is 2. The molecule has 0 amide bonds. The maximum Gasteiger partial charge on any atom is 0.137 e. The van der Waals surface area contributed by atoms with Crippen LogP contribution < -0.4 is 0 Å². The van der Waals surface area contributed by atoms with Crippen LogP contribution >= 0.6 is 15.9 Å². The summed E-state index contributed by atoms with van der Waals surface area (Å²) in [5.74, 6) is 0.310. The molecule has 0 radical (unpaired) electrons. The van der Waals surface area contributed by atoms with E-state index in [1.165, 1.54) is 0 Å². The number of pyridine rings is 1. The molecule has 1 N–H and O–H groups in total. The molecule has 0 spiro atoms. The van der Waals surface area contributed by atoms with E-state index < -0.39 is 6.10 Å². The Labute approximate surface area is 110 Å². The zero-order valence-electron chi connectivity index (χ0n) is 10.3. The van der Waals surface area contributed by atoms with Crippen molar-refractivity contribution in [1.29, 1.82) is 0 Å². The van der Waals surface area contributed by atoms with E-state index in [0.29, 0.717) is 12.3 Å². The van der Waals surface area contributed by atoms with Gasteiger partial charge < -0.3 is 5.11 Å². The van der Waals surface area contributed by atoms with Crippen molar-refractivity contribution in [3.05, 3.63) is 34.2 Å². The lowest BCUT2D eigenvalue weighted by Crippen LogP contribution is -2.05. The summed E-state index contributed by atoms with van der Waals surface area (Å²) in [6.07, 6.45) is 2.19. The number of imidazole rings is 1. The highest BCUT2D eigenvalue weighted by molar-refractivity contribution is 9.10. The fraction of sp³-hybridized carbons (Fsp3) is 0.462. The Morgan fingerprint density at radius 2 is 2.12 bits per heavy atom. The highest BCUT2D eigenvalue weighted by atomic mass is 79.9. The fourth-order valence-electron chi connectivity index (χ4n) is 2.00. The Bertz CT molecular complexity index is 533. The zero-order chi connectivity index (χ0) is 12.6. The zero-order valence-corrected chi connectivity index (χ0v) is 11.9. The molecule has 17 heavy (non-hydrogen) atoms. The molecule has 0 fully saturated rings. The van der Waals surface area contributed by atoms with Crippen LogP contribution in [-0.4, -0.2) is 14.5 Å². The normalized spacial score (nSPS) is 13.5. The van der Waals surface area contributed by atoms with E-state index in [2.05, 4.69) is 34.8 Å². The van der Waals surface area contributed by atoms with Crippen molar-refractivity contribution in [2.24, 2.45) is 0 Å². The molecule has 92 valence electrons. The molecular formula is C13H17BrN2O. The van der Waals surface area contributed by atoms with Gasteiger partial charge in [0, 0.05) is 10.7 Å². The molecule has 4 heteroatoms. The first-order chi connectivity index (χ1) is 8.04. The van der Waals surface area contributed by atoms with Gasteiger partial charge in [0.1, 0.15) is 5.65 Å². The second-order valence-corrected chi connectivity index (χ2v) is 5.45. The Hall–Kier alpha value is -0.870. The number of hydrogen-bond donors (Lipinski definition) is 1. The first-order valence-corrected chi connectivity index (χ1v) is 6.69. The SMILES string of the molecule is CCC(O)c1c(C(C)C)nc2ccc(Br)cn12. The Kier molecular flexibility index (Phi) is 3.54. The van der Waals surface area contributed by atoms with Gasteiger partial charge in [-0.1, -0.05) is 20.8 Å². The molecule has 0 saturated heterocycles. The van der Waals surface area contributed by atoms with Crippen LogP contribution in [0.3, 0.4) is 0 Å². The second-order valence-electron chi connectivity index (χ2n) is 4.54. The molecule has 2 heterocycles. The minimum Gasteiger partial charge on any atom is -0.387 e. The van der Waals surface area contributed by atoms with Crippen molar-refractivity contribution >= 4 is 21.6 Å². The lowest BCUT2D eigenvalue weighted by atomic mass is 10.0. The summed E-state index contributed by atoms with van der Waals surface area (Å²) >= 11 is 3.45. The molecule has 0 saturated carbocycles.